The van der Waals surface area contributed by atoms with Crippen molar-refractivity contribution in [2.24, 2.45) is 0 Å². The van der Waals surface area contributed by atoms with E-state index in [9.17, 15) is 9.59 Å². The maximum Gasteiger partial charge on any atom is 0.269 e. The van der Waals surface area contributed by atoms with Crippen LogP contribution in [0, 0.1) is 0 Å². The van der Waals surface area contributed by atoms with Crippen LogP contribution in [0.1, 0.15) is 10.4 Å². The first kappa shape index (κ1) is 19.1. The fourth-order valence-electron chi connectivity index (χ4n) is 1.85. The Morgan fingerprint density at radius 1 is 1.00 bits per heavy atom. The predicted octanol–water partition coefficient (Wildman–Crippen LogP) is 3.02. The molecule has 6 nitrogen and oxygen atoms in total. The topological polar surface area (TPSA) is 76.7 Å². The SMILES string of the molecule is COc1cc(OC)cc(C(=O)NNC(=O)CSc2ccc(Br)cc2)c1. The van der Waals surface area contributed by atoms with Gasteiger partial charge in [0.2, 0.25) is 5.91 Å². The summed E-state index contributed by atoms with van der Waals surface area (Å²) in [4.78, 5) is 25.0. The first-order valence-corrected chi connectivity index (χ1v) is 9.00. The summed E-state index contributed by atoms with van der Waals surface area (Å²) in [7, 11) is 3.00. The summed E-state index contributed by atoms with van der Waals surface area (Å²) < 4.78 is 11.2. The third kappa shape index (κ3) is 5.99. The van der Waals surface area contributed by atoms with E-state index in [2.05, 4.69) is 26.8 Å². The van der Waals surface area contributed by atoms with Crippen LogP contribution >= 0.6 is 27.7 Å². The normalized spacial score (nSPS) is 10.0. The number of hydrogen-bond acceptors (Lipinski definition) is 5. The summed E-state index contributed by atoms with van der Waals surface area (Å²) in [6.07, 6.45) is 0. The van der Waals surface area contributed by atoms with Gasteiger partial charge in [-0.05, 0) is 36.4 Å². The molecule has 0 bridgehead atoms. The lowest BCUT2D eigenvalue weighted by Gasteiger charge is -2.10. The summed E-state index contributed by atoms with van der Waals surface area (Å²) in [5.74, 6) is 0.391. The van der Waals surface area contributed by atoms with Gasteiger partial charge in [0.15, 0.2) is 0 Å². The lowest BCUT2D eigenvalue weighted by Crippen LogP contribution is -2.42. The van der Waals surface area contributed by atoms with E-state index in [1.165, 1.54) is 26.0 Å². The summed E-state index contributed by atoms with van der Waals surface area (Å²) in [5.41, 5.74) is 5.08. The highest BCUT2D eigenvalue weighted by molar-refractivity contribution is 9.10. The van der Waals surface area contributed by atoms with Crippen LogP contribution in [0.4, 0.5) is 0 Å². The smallest absolute Gasteiger partial charge is 0.269 e. The maximum absolute atomic E-state index is 12.1. The van der Waals surface area contributed by atoms with Crippen LogP contribution in [0.2, 0.25) is 0 Å². The van der Waals surface area contributed by atoms with Gasteiger partial charge >= 0.3 is 0 Å². The van der Waals surface area contributed by atoms with Crippen molar-refractivity contribution in [3.8, 4) is 11.5 Å². The third-order valence-corrected chi connectivity index (χ3v) is 4.65. The molecule has 25 heavy (non-hydrogen) atoms. The van der Waals surface area contributed by atoms with Crippen LogP contribution in [0.5, 0.6) is 11.5 Å². The molecule has 0 saturated heterocycles. The van der Waals surface area contributed by atoms with Crippen molar-refractivity contribution < 1.29 is 19.1 Å². The van der Waals surface area contributed by atoms with E-state index in [0.29, 0.717) is 17.1 Å². The van der Waals surface area contributed by atoms with E-state index in [1.54, 1.807) is 18.2 Å². The molecule has 0 atom stereocenters. The summed E-state index contributed by atoms with van der Waals surface area (Å²) in [6, 6.07) is 12.4. The van der Waals surface area contributed by atoms with Crippen molar-refractivity contribution in [3.05, 3.63) is 52.5 Å². The zero-order valence-corrected chi connectivity index (χ0v) is 16.1. The van der Waals surface area contributed by atoms with Gasteiger partial charge in [0.1, 0.15) is 11.5 Å². The Hall–Kier alpha value is -2.19. The zero-order valence-electron chi connectivity index (χ0n) is 13.7. The molecule has 0 aliphatic rings. The number of carbonyl (C=O) groups excluding carboxylic acids is 2. The number of ether oxygens (including phenoxy) is 2. The van der Waals surface area contributed by atoms with Gasteiger partial charge < -0.3 is 9.47 Å². The monoisotopic (exact) mass is 424 g/mol. The van der Waals surface area contributed by atoms with Gasteiger partial charge in [-0.1, -0.05) is 15.9 Å². The van der Waals surface area contributed by atoms with Crippen molar-refractivity contribution in [2.75, 3.05) is 20.0 Å². The molecule has 2 aromatic carbocycles. The minimum atomic E-state index is -0.459. The lowest BCUT2D eigenvalue weighted by molar-refractivity contribution is -0.119. The Labute approximate surface area is 158 Å². The van der Waals surface area contributed by atoms with Crippen molar-refractivity contribution in [3.63, 3.8) is 0 Å². The van der Waals surface area contributed by atoms with Crippen LogP contribution in [-0.2, 0) is 4.79 Å². The number of halogens is 1. The van der Waals surface area contributed by atoms with Crippen LogP contribution < -0.4 is 20.3 Å². The van der Waals surface area contributed by atoms with Gasteiger partial charge in [0.05, 0.1) is 20.0 Å². The average Bonchev–Trinajstić information content (AvgIpc) is 2.65. The molecular weight excluding hydrogens is 408 g/mol. The van der Waals surface area contributed by atoms with Gasteiger partial charge in [-0.25, -0.2) is 0 Å². The number of carbonyl (C=O) groups is 2. The first-order valence-electron chi connectivity index (χ1n) is 7.22. The van der Waals surface area contributed by atoms with E-state index in [1.807, 2.05) is 24.3 Å². The fourth-order valence-corrected chi connectivity index (χ4v) is 2.82. The van der Waals surface area contributed by atoms with E-state index in [0.717, 1.165) is 9.37 Å². The maximum atomic E-state index is 12.1. The van der Waals surface area contributed by atoms with Crippen LogP contribution in [0.3, 0.4) is 0 Å². The molecule has 2 rings (SSSR count). The average molecular weight is 425 g/mol. The van der Waals surface area contributed by atoms with Crippen molar-refractivity contribution in [2.45, 2.75) is 4.90 Å². The number of rotatable bonds is 6. The second-order valence-electron chi connectivity index (χ2n) is 4.85. The number of hydrogen-bond donors (Lipinski definition) is 2. The molecule has 0 unspecified atom stereocenters. The molecule has 8 heteroatoms. The number of thioether (sulfide) groups is 1. The molecule has 2 amide bonds. The predicted molar refractivity (Wildman–Crippen MR) is 100 cm³/mol. The molecule has 2 N–H and O–H groups in total. The Balaban J connectivity index is 1.86. The lowest BCUT2D eigenvalue weighted by atomic mass is 10.2. The molecular formula is C17H17BrN2O4S. The van der Waals surface area contributed by atoms with Gasteiger partial charge in [-0.2, -0.15) is 0 Å². The number of nitrogens with one attached hydrogen (secondary N) is 2. The van der Waals surface area contributed by atoms with Gasteiger partial charge in [-0.3, -0.25) is 20.4 Å². The molecule has 0 fully saturated rings. The molecule has 0 aliphatic heterocycles. The second-order valence-corrected chi connectivity index (χ2v) is 6.81. The summed E-state index contributed by atoms with van der Waals surface area (Å²) in [5, 5.41) is 0. The number of hydrazine groups is 1. The molecule has 132 valence electrons. The molecule has 0 radical (unpaired) electrons. The molecule has 0 spiro atoms. The minimum Gasteiger partial charge on any atom is -0.497 e. The van der Waals surface area contributed by atoms with Crippen LogP contribution in [0.15, 0.2) is 51.8 Å². The Bertz CT molecular complexity index is 731. The molecule has 0 aliphatic carbocycles. The molecule has 0 saturated carbocycles. The Morgan fingerprint density at radius 3 is 2.16 bits per heavy atom. The van der Waals surface area contributed by atoms with Crippen molar-refractivity contribution >= 4 is 39.5 Å². The number of amides is 2. The fraction of sp³-hybridized carbons (Fsp3) is 0.176. The third-order valence-electron chi connectivity index (χ3n) is 3.11. The molecule has 0 heterocycles. The highest BCUT2D eigenvalue weighted by atomic mass is 79.9. The zero-order chi connectivity index (χ0) is 18.2. The van der Waals surface area contributed by atoms with E-state index in [-0.39, 0.29) is 11.7 Å². The van der Waals surface area contributed by atoms with E-state index >= 15 is 0 Å². The number of methoxy groups -OCH3 is 2. The van der Waals surface area contributed by atoms with Crippen LogP contribution in [-0.4, -0.2) is 31.8 Å². The van der Waals surface area contributed by atoms with E-state index < -0.39 is 5.91 Å². The van der Waals surface area contributed by atoms with E-state index in [4.69, 9.17) is 9.47 Å². The molecule has 2 aromatic rings. The minimum absolute atomic E-state index is 0.184. The van der Waals surface area contributed by atoms with Gasteiger partial charge in [-0.15, -0.1) is 11.8 Å². The van der Waals surface area contributed by atoms with Gasteiger partial charge in [0.25, 0.3) is 5.91 Å². The highest BCUT2D eigenvalue weighted by Gasteiger charge is 2.11. The standard InChI is InChI=1S/C17H17BrN2O4S/c1-23-13-7-11(8-14(9-13)24-2)17(22)20-19-16(21)10-25-15-5-3-12(18)4-6-15/h3-9H,10H2,1-2H3,(H,19,21)(H,20,22). The summed E-state index contributed by atoms with van der Waals surface area (Å²) >= 11 is 4.73. The first-order chi connectivity index (χ1) is 12.0. The molecule has 0 aromatic heterocycles. The summed E-state index contributed by atoms with van der Waals surface area (Å²) in [6.45, 7) is 0. The largest absolute Gasteiger partial charge is 0.497 e. The highest BCUT2D eigenvalue weighted by Crippen LogP contribution is 2.22. The Morgan fingerprint density at radius 2 is 1.60 bits per heavy atom. The van der Waals surface area contributed by atoms with Crippen LogP contribution in [0.25, 0.3) is 0 Å². The van der Waals surface area contributed by atoms with Crippen molar-refractivity contribution in [1.29, 1.82) is 0 Å². The van der Waals surface area contributed by atoms with Crippen molar-refractivity contribution in [1.82, 2.24) is 10.9 Å². The quantitative estimate of drug-likeness (QED) is 0.550. The Kier molecular flexibility index (Phi) is 7.15. The second kappa shape index (κ2) is 9.33. The number of benzene rings is 2. The van der Waals surface area contributed by atoms with Gasteiger partial charge in [0, 0.05) is 21.0 Å².